The van der Waals surface area contributed by atoms with Crippen LogP contribution in [0, 0.1) is 17.2 Å². The summed E-state index contributed by atoms with van der Waals surface area (Å²) in [6, 6.07) is 8.52. The lowest BCUT2D eigenvalue weighted by Crippen LogP contribution is -2.47. The lowest BCUT2D eigenvalue weighted by molar-refractivity contribution is 0.231. The van der Waals surface area contributed by atoms with Crippen molar-refractivity contribution in [2.24, 2.45) is 5.92 Å². The lowest BCUT2D eigenvalue weighted by Gasteiger charge is -2.37. The fourth-order valence-electron chi connectivity index (χ4n) is 2.72. The van der Waals surface area contributed by atoms with E-state index in [-0.39, 0.29) is 0 Å². The van der Waals surface area contributed by atoms with Crippen LogP contribution in [0.1, 0.15) is 25.0 Å². The first-order chi connectivity index (χ1) is 9.63. The quantitative estimate of drug-likeness (QED) is 0.791. The van der Waals surface area contributed by atoms with E-state index in [2.05, 4.69) is 57.8 Å². The summed E-state index contributed by atoms with van der Waals surface area (Å²) in [7, 11) is 0. The van der Waals surface area contributed by atoms with Crippen molar-refractivity contribution in [1.29, 1.82) is 5.26 Å². The monoisotopic (exact) mass is 335 g/mol. The van der Waals surface area contributed by atoms with E-state index in [0.717, 1.165) is 54.2 Å². The molecule has 4 heteroatoms. The number of rotatable bonds is 4. The summed E-state index contributed by atoms with van der Waals surface area (Å²) in [5.74, 6) is 0.717. The van der Waals surface area contributed by atoms with Gasteiger partial charge in [-0.3, -0.25) is 4.90 Å². The third kappa shape index (κ3) is 3.74. The molecule has 1 aliphatic heterocycles. The summed E-state index contributed by atoms with van der Waals surface area (Å²) in [6.07, 6.45) is 0. The van der Waals surface area contributed by atoms with Gasteiger partial charge in [0, 0.05) is 38.1 Å². The topological polar surface area (TPSA) is 30.3 Å². The summed E-state index contributed by atoms with van der Waals surface area (Å²) in [4.78, 5) is 4.85. The Hall–Kier alpha value is -1.05. The molecule has 0 aromatic heterocycles. The zero-order chi connectivity index (χ0) is 14.5. The number of piperazine rings is 1. The van der Waals surface area contributed by atoms with Crippen LogP contribution in [0.4, 0.5) is 5.69 Å². The molecule has 0 unspecified atom stereocenters. The summed E-state index contributed by atoms with van der Waals surface area (Å²) < 4.78 is 0. The van der Waals surface area contributed by atoms with Crippen LogP contribution in [0.2, 0.25) is 0 Å². The minimum absolute atomic E-state index is 0.717. The van der Waals surface area contributed by atoms with E-state index in [4.69, 9.17) is 0 Å². The highest BCUT2D eigenvalue weighted by atomic mass is 79.9. The number of benzene rings is 1. The third-order valence-corrected chi connectivity index (χ3v) is 4.32. The molecule has 1 fully saturated rings. The molecule has 0 bridgehead atoms. The van der Waals surface area contributed by atoms with Gasteiger partial charge in [0.05, 0.1) is 11.3 Å². The van der Waals surface area contributed by atoms with Crippen LogP contribution < -0.4 is 4.90 Å². The molecule has 0 radical (unpaired) electrons. The minimum atomic E-state index is 0.717. The van der Waals surface area contributed by atoms with E-state index in [1.165, 1.54) is 6.54 Å². The summed E-state index contributed by atoms with van der Waals surface area (Å²) in [5, 5.41) is 10.1. The highest BCUT2D eigenvalue weighted by Crippen LogP contribution is 2.24. The third-order valence-electron chi connectivity index (χ3n) is 3.67. The molecule has 2 rings (SSSR count). The van der Waals surface area contributed by atoms with Crippen molar-refractivity contribution in [1.82, 2.24) is 4.90 Å². The van der Waals surface area contributed by atoms with Crippen LogP contribution in [0.25, 0.3) is 0 Å². The zero-order valence-corrected chi connectivity index (χ0v) is 13.9. The Balaban J connectivity index is 2.05. The average Bonchev–Trinajstić information content (AvgIpc) is 2.47. The van der Waals surface area contributed by atoms with Gasteiger partial charge in [-0.15, -0.1) is 0 Å². The van der Waals surface area contributed by atoms with Crippen molar-refractivity contribution in [3.8, 4) is 6.07 Å². The van der Waals surface area contributed by atoms with Crippen LogP contribution in [0.15, 0.2) is 18.2 Å². The van der Waals surface area contributed by atoms with E-state index < -0.39 is 0 Å². The molecule has 3 nitrogen and oxygen atoms in total. The number of nitrogens with zero attached hydrogens (tertiary/aromatic N) is 3. The summed E-state index contributed by atoms with van der Waals surface area (Å²) >= 11 is 3.44. The van der Waals surface area contributed by atoms with Gasteiger partial charge in [-0.05, 0) is 23.6 Å². The van der Waals surface area contributed by atoms with Crippen LogP contribution in [-0.2, 0) is 5.33 Å². The number of hydrogen-bond acceptors (Lipinski definition) is 3. The van der Waals surface area contributed by atoms with Crippen molar-refractivity contribution in [2.45, 2.75) is 19.2 Å². The predicted molar refractivity (Wildman–Crippen MR) is 87.3 cm³/mol. The van der Waals surface area contributed by atoms with Crippen molar-refractivity contribution < 1.29 is 0 Å². The molecule has 0 saturated carbocycles. The van der Waals surface area contributed by atoms with Crippen LogP contribution in [-0.4, -0.2) is 37.6 Å². The Morgan fingerprint density at radius 3 is 2.50 bits per heavy atom. The number of hydrogen-bond donors (Lipinski definition) is 0. The van der Waals surface area contributed by atoms with Crippen molar-refractivity contribution >= 4 is 21.6 Å². The van der Waals surface area contributed by atoms with Gasteiger partial charge in [0.15, 0.2) is 0 Å². The number of alkyl halides is 1. The molecule has 0 amide bonds. The van der Waals surface area contributed by atoms with Gasteiger partial charge in [-0.25, -0.2) is 0 Å². The van der Waals surface area contributed by atoms with Gasteiger partial charge in [-0.2, -0.15) is 5.26 Å². The maximum Gasteiger partial charge on any atom is 0.101 e. The SMILES string of the molecule is CC(C)CN1CCN(c2ccc(CBr)cc2C#N)CC1. The first-order valence-electron chi connectivity index (χ1n) is 7.20. The average molecular weight is 336 g/mol. The van der Waals surface area contributed by atoms with E-state index >= 15 is 0 Å². The van der Waals surface area contributed by atoms with Gasteiger partial charge in [0.1, 0.15) is 6.07 Å². The van der Waals surface area contributed by atoms with Gasteiger partial charge < -0.3 is 4.90 Å². The molecule has 0 spiro atoms. The Kier molecular flexibility index (Phi) is 5.45. The molecule has 1 saturated heterocycles. The van der Waals surface area contributed by atoms with Crippen LogP contribution >= 0.6 is 15.9 Å². The first kappa shape index (κ1) is 15.3. The van der Waals surface area contributed by atoms with Gasteiger partial charge >= 0.3 is 0 Å². The van der Waals surface area contributed by atoms with E-state index in [1.807, 2.05) is 6.07 Å². The minimum Gasteiger partial charge on any atom is -0.368 e. The molecule has 1 heterocycles. The molecular formula is C16H22BrN3. The second-order valence-corrected chi connectivity index (χ2v) is 6.34. The Bertz CT molecular complexity index is 485. The summed E-state index contributed by atoms with van der Waals surface area (Å²) in [6.45, 7) is 9.89. The molecule has 1 aromatic carbocycles. The van der Waals surface area contributed by atoms with E-state index in [9.17, 15) is 5.26 Å². The largest absolute Gasteiger partial charge is 0.368 e. The molecule has 0 N–H and O–H groups in total. The Morgan fingerprint density at radius 1 is 1.25 bits per heavy atom. The second-order valence-electron chi connectivity index (χ2n) is 5.78. The second kappa shape index (κ2) is 7.10. The highest BCUT2D eigenvalue weighted by Gasteiger charge is 2.19. The maximum absolute atomic E-state index is 9.34. The summed E-state index contributed by atoms with van der Waals surface area (Å²) in [5.41, 5.74) is 3.03. The fourth-order valence-corrected chi connectivity index (χ4v) is 3.07. The molecule has 1 aliphatic rings. The van der Waals surface area contributed by atoms with Crippen LogP contribution in [0.5, 0.6) is 0 Å². The van der Waals surface area contributed by atoms with Gasteiger partial charge in [0.25, 0.3) is 0 Å². The zero-order valence-electron chi connectivity index (χ0n) is 12.3. The number of anilines is 1. The molecule has 0 atom stereocenters. The fraction of sp³-hybridized carbons (Fsp3) is 0.562. The molecule has 20 heavy (non-hydrogen) atoms. The number of halogens is 1. The van der Waals surface area contributed by atoms with Crippen molar-refractivity contribution in [3.05, 3.63) is 29.3 Å². The maximum atomic E-state index is 9.34. The van der Waals surface area contributed by atoms with Crippen molar-refractivity contribution in [3.63, 3.8) is 0 Å². The highest BCUT2D eigenvalue weighted by molar-refractivity contribution is 9.08. The van der Waals surface area contributed by atoms with E-state index in [1.54, 1.807) is 0 Å². The number of nitriles is 1. The Labute approximate surface area is 130 Å². The van der Waals surface area contributed by atoms with Crippen molar-refractivity contribution in [2.75, 3.05) is 37.6 Å². The molecule has 108 valence electrons. The Morgan fingerprint density at radius 2 is 1.95 bits per heavy atom. The predicted octanol–water partition coefficient (Wildman–Crippen LogP) is 3.23. The van der Waals surface area contributed by atoms with Gasteiger partial charge in [0.2, 0.25) is 0 Å². The molecule has 1 aromatic rings. The standard InChI is InChI=1S/C16H22BrN3/c1-13(2)12-19-5-7-20(8-6-19)16-4-3-14(10-17)9-15(16)11-18/h3-4,9,13H,5-8,10,12H2,1-2H3. The lowest BCUT2D eigenvalue weighted by atomic mass is 10.1. The molecular weight excluding hydrogens is 314 g/mol. The van der Waals surface area contributed by atoms with Crippen LogP contribution in [0.3, 0.4) is 0 Å². The molecule has 0 aliphatic carbocycles. The van der Waals surface area contributed by atoms with E-state index in [0.29, 0.717) is 0 Å². The first-order valence-corrected chi connectivity index (χ1v) is 8.32. The van der Waals surface area contributed by atoms with Gasteiger partial charge in [-0.1, -0.05) is 35.8 Å². The smallest absolute Gasteiger partial charge is 0.101 e. The normalized spacial score (nSPS) is 16.4.